The molecule has 5 heterocycles. The minimum atomic E-state index is -3.02. The molecule has 1 saturated carbocycles. The van der Waals surface area contributed by atoms with Crippen molar-refractivity contribution in [2.75, 3.05) is 7.05 Å². The first-order chi connectivity index (χ1) is 17.8. The quantitative estimate of drug-likeness (QED) is 0.451. The summed E-state index contributed by atoms with van der Waals surface area (Å²) in [6.45, 7) is -3.02. The Morgan fingerprint density at radius 3 is 2.62 bits per heavy atom. The van der Waals surface area contributed by atoms with Gasteiger partial charge in [0.05, 0.1) is 22.8 Å². The molecule has 9 nitrogen and oxygen atoms in total. The van der Waals surface area contributed by atoms with E-state index in [2.05, 4.69) is 15.0 Å². The van der Waals surface area contributed by atoms with Gasteiger partial charge in [-0.15, -0.1) is 0 Å². The second kappa shape index (κ2) is 7.75. The zero-order valence-corrected chi connectivity index (χ0v) is 19.9. The van der Waals surface area contributed by atoms with Crippen molar-refractivity contribution in [3.05, 3.63) is 71.3 Å². The summed E-state index contributed by atoms with van der Waals surface area (Å²) in [6.07, 6.45) is 10.1. The Hall–Kier alpha value is -3.99. The number of ether oxygens (including phenoxy) is 1. The Balaban J connectivity index is 1.37. The molecule has 7 rings (SSSR count). The lowest BCUT2D eigenvalue weighted by molar-refractivity contribution is -0.0506. The lowest BCUT2D eigenvalue weighted by atomic mass is 9.77. The van der Waals surface area contributed by atoms with Gasteiger partial charge in [-0.05, 0) is 49.4 Å². The number of alkyl halides is 2. The number of pyridine rings is 2. The van der Waals surface area contributed by atoms with Crippen LogP contribution in [-0.4, -0.2) is 49.0 Å². The average molecular weight is 504 g/mol. The smallest absolute Gasteiger partial charge is 0.387 e. The van der Waals surface area contributed by atoms with E-state index in [4.69, 9.17) is 15.6 Å². The number of amides is 1. The minimum absolute atomic E-state index is 0.0357. The van der Waals surface area contributed by atoms with Crippen LogP contribution in [0.4, 0.5) is 8.78 Å². The summed E-state index contributed by atoms with van der Waals surface area (Å²) >= 11 is 0. The van der Waals surface area contributed by atoms with Crippen LogP contribution in [-0.2, 0) is 5.54 Å². The van der Waals surface area contributed by atoms with Gasteiger partial charge in [0.15, 0.2) is 0 Å². The molecule has 0 radical (unpaired) electrons. The largest absolute Gasteiger partial charge is 0.434 e. The van der Waals surface area contributed by atoms with Crippen molar-refractivity contribution in [3.63, 3.8) is 0 Å². The number of rotatable bonds is 4. The van der Waals surface area contributed by atoms with Crippen molar-refractivity contribution in [3.8, 4) is 16.9 Å². The maximum Gasteiger partial charge on any atom is 0.387 e. The van der Waals surface area contributed by atoms with Gasteiger partial charge in [0.25, 0.3) is 5.91 Å². The fourth-order valence-corrected chi connectivity index (χ4v) is 5.91. The van der Waals surface area contributed by atoms with Crippen molar-refractivity contribution in [1.82, 2.24) is 29.5 Å². The van der Waals surface area contributed by atoms with Crippen LogP contribution in [0.25, 0.3) is 16.6 Å². The van der Waals surface area contributed by atoms with Crippen LogP contribution in [0.3, 0.4) is 0 Å². The fraction of sp³-hybridized carbons (Fsp3) is 0.346. The summed E-state index contributed by atoms with van der Waals surface area (Å²) in [4.78, 5) is 28.2. The number of carbonyl (C=O) groups excluding carboxylic acids is 1. The van der Waals surface area contributed by atoms with Crippen LogP contribution in [0.1, 0.15) is 70.8 Å². The zero-order chi connectivity index (χ0) is 25.5. The lowest BCUT2D eigenvalue weighted by Crippen LogP contribution is -2.44. The maximum absolute atomic E-state index is 13.3. The van der Waals surface area contributed by atoms with E-state index < -0.39 is 12.2 Å². The van der Waals surface area contributed by atoms with Gasteiger partial charge in [0.1, 0.15) is 17.3 Å². The SMILES string of the molecule is CN1C(=O)c2nccc(OC(F)F)c2C2CC1c1nn3ccc(-c4cnc(C5(N)CCC5)nc4)cc3c12. The number of carbonyl (C=O) groups is 1. The normalized spacial score (nSPS) is 21.5. The van der Waals surface area contributed by atoms with Crippen molar-refractivity contribution < 1.29 is 18.3 Å². The molecule has 188 valence electrons. The number of nitrogens with zero attached hydrogens (tertiary/aromatic N) is 6. The number of fused-ring (bicyclic) bond motifs is 9. The molecule has 0 spiro atoms. The highest BCUT2D eigenvalue weighted by Crippen LogP contribution is 2.53. The number of halogens is 2. The molecule has 1 aliphatic heterocycles. The molecule has 1 amide bonds. The molecule has 11 heteroatoms. The van der Waals surface area contributed by atoms with Crippen LogP contribution >= 0.6 is 0 Å². The summed E-state index contributed by atoms with van der Waals surface area (Å²) < 4.78 is 33.2. The van der Waals surface area contributed by atoms with Crippen LogP contribution < -0.4 is 10.5 Å². The molecule has 2 bridgehead atoms. The molecule has 2 unspecified atom stereocenters. The molecule has 2 N–H and O–H groups in total. The van der Waals surface area contributed by atoms with Gasteiger partial charge < -0.3 is 15.4 Å². The average Bonchev–Trinajstić information content (AvgIpc) is 3.40. The van der Waals surface area contributed by atoms with Gasteiger partial charge in [-0.2, -0.15) is 13.9 Å². The highest BCUT2D eigenvalue weighted by molar-refractivity contribution is 5.96. The van der Waals surface area contributed by atoms with E-state index in [0.29, 0.717) is 17.8 Å². The van der Waals surface area contributed by atoms with Crippen LogP contribution in [0, 0.1) is 0 Å². The highest BCUT2D eigenvalue weighted by atomic mass is 19.3. The van der Waals surface area contributed by atoms with E-state index in [-0.39, 0.29) is 29.3 Å². The molecule has 0 saturated heterocycles. The summed E-state index contributed by atoms with van der Waals surface area (Å²) in [7, 11) is 1.69. The molecular formula is C26H23F2N7O2. The van der Waals surface area contributed by atoms with Gasteiger partial charge in [0.2, 0.25) is 0 Å². The molecule has 4 aromatic rings. The molecule has 2 aliphatic carbocycles. The molecular weight excluding hydrogens is 480 g/mol. The van der Waals surface area contributed by atoms with Crippen molar-refractivity contribution in [2.45, 2.75) is 49.8 Å². The highest BCUT2D eigenvalue weighted by Gasteiger charge is 2.46. The van der Waals surface area contributed by atoms with E-state index in [9.17, 15) is 13.6 Å². The maximum atomic E-state index is 13.3. The molecule has 2 atom stereocenters. The predicted molar refractivity (Wildman–Crippen MR) is 128 cm³/mol. The van der Waals surface area contributed by atoms with E-state index in [1.807, 2.05) is 18.3 Å². The van der Waals surface area contributed by atoms with Gasteiger partial charge >= 0.3 is 6.61 Å². The lowest BCUT2D eigenvalue weighted by Gasteiger charge is -2.36. The molecule has 0 aromatic carbocycles. The predicted octanol–water partition coefficient (Wildman–Crippen LogP) is 3.79. The molecule has 37 heavy (non-hydrogen) atoms. The third-order valence-corrected chi connectivity index (χ3v) is 8.01. The summed E-state index contributed by atoms with van der Waals surface area (Å²) in [6, 6.07) is 5.00. The molecule has 3 aliphatic rings. The zero-order valence-electron chi connectivity index (χ0n) is 19.9. The van der Waals surface area contributed by atoms with Gasteiger partial charge in [-0.3, -0.25) is 9.78 Å². The van der Waals surface area contributed by atoms with E-state index in [1.54, 1.807) is 28.9 Å². The third-order valence-electron chi connectivity index (χ3n) is 8.01. The molecule has 1 fully saturated rings. The number of nitrogens with two attached hydrogens (primary N) is 1. The van der Waals surface area contributed by atoms with E-state index in [0.717, 1.165) is 47.2 Å². The number of hydrogen-bond acceptors (Lipinski definition) is 7. The Labute approximate surface area is 210 Å². The summed E-state index contributed by atoms with van der Waals surface area (Å²) in [5.41, 5.74) is 10.6. The first-order valence-electron chi connectivity index (χ1n) is 12.2. The number of aromatic nitrogens is 5. The van der Waals surface area contributed by atoms with Gasteiger partial charge in [0, 0.05) is 54.4 Å². The number of hydrogen-bond donors (Lipinski definition) is 1. The fourth-order valence-electron chi connectivity index (χ4n) is 5.91. The van der Waals surface area contributed by atoms with Gasteiger partial charge in [-0.25, -0.2) is 14.5 Å². The van der Waals surface area contributed by atoms with Crippen LogP contribution in [0.2, 0.25) is 0 Å². The van der Waals surface area contributed by atoms with E-state index >= 15 is 0 Å². The molecule has 4 aromatic heterocycles. The summed E-state index contributed by atoms with van der Waals surface area (Å²) in [5, 5.41) is 4.79. The first-order valence-corrected chi connectivity index (χ1v) is 12.2. The monoisotopic (exact) mass is 503 g/mol. The van der Waals surface area contributed by atoms with Crippen LogP contribution in [0.15, 0.2) is 43.0 Å². The Kier molecular flexibility index (Phi) is 4.66. The first kappa shape index (κ1) is 22.2. The van der Waals surface area contributed by atoms with Gasteiger partial charge in [-0.1, -0.05) is 0 Å². The Morgan fingerprint density at radius 1 is 1.14 bits per heavy atom. The van der Waals surface area contributed by atoms with Crippen LogP contribution in [0.5, 0.6) is 5.75 Å². The van der Waals surface area contributed by atoms with Crippen molar-refractivity contribution in [1.29, 1.82) is 0 Å². The van der Waals surface area contributed by atoms with E-state index in [1.165, 1.54) is 12.3 Å². The standard InChI is InChI=1S/C26H23F2N7O2/c1-34-17-10-15(20-18(37-25(27)28)3-7-30-22(20)23(34)36)19-16-9-13(4-8-35(16)33-21(17)19)14-11-31-24(32-12-14)26(29)5-2-6-26/h3-4,7-9,11-12,15,17,25H,2,5-6,10,29H2,1H3. The Bertz CT molecular complexity index is 1570. The minimum Gasteiger partial charge on any atom is -0.434 e. The second-order valence-corrected chi connectivity index (χ2v) is 10.0. The van der Waals surface area contributed by atoms with Crippen molar-refractivity contribution in [2.24, 2.45) is 5.73 Å². The topological polar surface area (TPSA) is 112 Å². The Morgan fingerprint density at radius 2 is 1.92 bits per heavy atom. The third kappa shape index (κ3) is 3.19. The summed E-state index contributed by atoms with van der Waals surface area (Å²) in [5.74, 6) is -0.103. The second-order valence-electron chi connectivity index (χ2n) is 10.0. The van der Waals surface area contributed by atoms with Crippen molar-refractivity contribution >= 4 is 11.4 Å².